The summed E-state index contributed by atoms with van der Waals surface area (Å²) in [7, 11) is 0. The number of hydrogen-bond acceptors (Lipinski definition) is 3. The first-order valence-electron chi connectivity index (χ1n) is 5.04. The predicted octanol–water partition coefficient (Wildman–Crippen LogP) is 1.55. The molecular weight excluding hydrogens is 221 g/mol. The molecule has 2 aromatic rings. The molecule has 2 aromatic heterocycles. The van der Waals surface area contributed by atoms with Gasteiger partial charge in [-0.05, 0) is 17.7 Å². The Morgan fingerprint density at radius 1 is 1.24 bits per heavy atom. The van der Waals surface area contributed by atoms with Crippen LogP contribution in [0, 0.1) is 5.82 Å². The summed E-state index contributed by atoms with van der Waals surface area (Å²) in [5, 5.41) is 2.61. The molecule has 4 nitrogen and oxygen atoms in total. The highest BCUT2D eigenvalue weighted by Crippen LogP contribution is 2.04. The van der Waals surface area contributed by atoms with Gasteiger partial charge in [-0.3, -0.25) is 14.8 Å². The predicted molar refractivity (Wildman–Crippen MR) is 59.6 cm³/mol. The van der Waals surface area contributed by atoms with Gasteiger partial charge >= 0.3 is 0 Å². The van der Waals surface area contributed by atoms with Crippen molar-refractivity contribution >= 4 is 5.91 Å². The van der Waals surface area contributed by atoms with Gasteiger partial charge in [0.15, 0.2) is 5.82 Å². The largest absolute Gasteiger partial charge is 0.348 e. The van der Waals surface area contributed by atoms with Gasteiger partial charge in [-0.1, -0.05) is 6.07 Å². The monoisotopic (exact) mass is 231 g/mol. The van der Waals surface area contributed by atoms with Gasteiger partial charge in [0.2, 0.25) is 0 Å². The van der Waals surface area contributed by atoms with Crippen molar-refractivity contribution in [1.29, 1.82) is 0 Å². The quantitative estimate of drug-likeness (QED) is 0.871. The highest BCUT2D eigenvalue weighted by molar-refractivity contribution is 5.94. The SMILES string of the molecule is O=C(NCc1cccnc1)c1ccncc1F. The number of amides is 1. The number of carbonyl (C=O) groups excluding carboxylic acids is 1. The maximum Gasteiger partial charge on any atom is 0.254 e. The second kappa shape index (κ2) is 5.16. The number of rotatable bonds is 3. The molecule has 1 amide bonds. The van der Waals surface area contributed by atoms with Crippen LogP contribution in [-0.2, 0) is 6.54 Å². The molecule has 0 bridgehead atoms. The zero-order valence-corrected chi connectivity index (χ0v) is 8.93. The van der Waals surface area contributed by atoms with Crippen molar-refractivity contribution < 1.29 is 9.18 Å². The molecular formula is C12H10FN3O. The molecule has 0 spiro atoms. The number of carbonyl (C=O) groups is 1. The smallest absolute Gasteiger partial charge is 0.254 e. The van der Waals surface area contributed by atoms with Crippen LogP contribution in [0.15, 0.2) is 43.0 Å². The van der Waals surface area contributed by atoms with Crippen molar-refractivity contribution in [1.82, 2.24) is 15.3 Å². The van der Waals surface area contributed by atoms with Gasteiger partial charge in [-0.2, -0.15) is 0 Å². The molecule has 2 rings (SSSR count). The van der Waals surface area contributed by atoms with Gasteiger partial charge in [0.05, 0.1) is 11.8 Å². The molecule has 0 saturated heterocycles. The molecule has 0 unspecified atom stereocenters. The number of halogens is 1. The topological polar surface area (TPSA) is 54.9 Å². The number of pyridine rings is 2. The molecule has 0 aliphatic carbocycles. The molecule has 1 N–H and O–H groups in total. The second-order valence-electron chi connectivity index (χ2n) is 3.40. The Balaban J connectivity index is 2.01. The minimum atomic E-state index is -0.629. The lowest BCUT2D eigenvalue weighted by molar-refractivity contribution is 0.0946. The van der Waals surface area contributed by atoms with E-state index in [4.69, 9.17) is 0 Å². The molecule has 5 heteroatoms. The number of hydrogen-bond donors (Lipinski definition) is 1. The molecule has 0 aliphatic heterocycles. The Kier molecular flexibility index (Phi) is 3.40. The fourth-order valence-electron chi connectivity index (χ4n) is 1.34. The summed E-state index contributed by atoms with van der Waals surface area (Å²) in [6, 6.07) is 4.94. The maximum atomic E-state index is 13.2. The second-order valence-corrected chi connectivity index (χ2v) is 3.40. The summed E-state index contributed by atoms with van der Waals surface area (Å²) in [6.07, 6.45) is 5.68. The lowest BCUT2D eigenvalue weighted by Gasteiger charge is -2.05. The van der Waals surface area contributed by atoms with E-state index in [0.29, 0.717) is 6.54 Å². The van der Waals surface area contributed by atoms with E-state index in [1.54, 1.807) is 18.5 Å². The van der Waals surface area contributed by atoms with Crippen LogP contribution in [0.1, 0.15) is 15.9 Å². The van der Waals surface area contributed by atoms with Crippen LogP contribution < -0.4 is 5.32 Å². The van der Waals surface area contributed by atoms with Crippen molar-refractivity contribution in [2.24, 2.45) is 0 Å². The van der Waals surface area contributed by atoms with E-state index in [1.807, 2.05) is 6.07 Å². The van der Waals surface area contributed by atoms with Gasteiger partial charge < -0.3 is 5.32 Å². The van der Waals surface area contributed by atoms with Crippen LogP contribution >= 0.6 is 0 Å². The highest BCUT2D eigenvalue weighted by Gasteiger charge is 2.10. The zero-order chi connectivity index (χ0) is 12.1. The van der Waals surface area contributed by atoms with Crippen LogP contribution in [-0.4, -0.2) is 15.9 Å². The Labute approximate surface area is 97.5 Å². The van der Waals surface area contributed by atoms with E-state index in [0.717, 1.165) is 11.8 Å². The molecule has 0 atom stereocenters. The van der Waals surface area contributed by atoms with Gasteiger partial charge in [0.25, 0.3) is 5.91 Å². The Morgan fingerprint density at radius 3 is 2.76 bits per heavy atom. The van der Waals surface area contributed by atoms with Gasteiger partial charge in [-0.25, -0.2) is 4.39 Å². The summed E-state index contributed by atoms with van der Waals surface area (Å²) in [5.74, 6) is -1.09. The van der Waals surface area contributed by atoms with Crippen molar-refractivity contribution in [3.8, 4) is 0 Å². The van der Waals surface area contributed by atoms with Crippen LogP contribution in [0.5, 0.6) is 0 Å². The molecule has 0 aromatic carbocycles. The zero-order valence-electron chi connectivity index (χ0n) is 8.93. The van der Waals surface area contributed by atoms with Gasteiger partial charge in [0, 0.05) is 25.1 Å². The third-order valence-corrected chi connectivity index (χ3v) is 2.19. The van der Waals surface area contributed by atoms with E-state index >= 15 is 0 Å². The normalized spacial score (nSPS) is 9.94. The third kappa shape index (κ3) is 2.84. The number of nitrogens with zero attached hydrogens (tertiary/aromatic N) is 2. The molecule has 0 fully saturated rings. The highest BCUT2D eigenvalue weighted by atomic mass is 19.1. The van der Waals surface area contributed by atoms with Crippen LogP contribution in [0.2, 0.25) is 0 Å². The standard InChI is InChI=1S/C12H10FN3O/c13-11-8-15-5-3-10(11)12(17)16-7-9-2-1-4-14-6-9/h1-6,8H,7H2,(H,16,17). The summed E-state index contributed by atoms with van der Waals surface area (Å²) in [6.45, 7) is 0.314. The summed E-state index contributed by atoms with van der Waals surface area (Å²) < 4.78 is 13.2. The van der Waals surface area contributed by atoms with Crippen LogP contribution in [0.4, 0.5) is 4.39 Å². The molecule has 17 heavy (non-hydrogen) atoms. The van der Waals surface area contributed by atoms with Gasteiger partial charge in [-0.15, -0.1) is 0 Å². The van der Waals surface area contributed by atoms with E-state index in [-0.39, 0.29) is 5.56 Å². The Bertz CT molecular complexity index is 516. The summed E-state index contributed by atoms with van der Waals surface area (Å²) >= 11 is 0. The van der Waals surface area contributed by atoms with E-state index < -0.39 is 11.7 Å². The van der Waals surface area contributed by atoms with Crippen molar-refractivity contribution in [2.75, 3.05) is 0 Å². The van der Waals surface area contributed by atoms with E-state index in [1.165, 1.54) is 12.3 Å². The Morgan fingerprint density at radius 2 is 2.06 bits per heavy atom. The molecule has 0 saturated carbocycles. The average molecular weight is 231 g/mol. The third-order valence-electron chi connectivity index (χ3n) is 2.19. The lowest BCUT2D eigenvalue weighted by Crippen LogP contribution is -2.23. The molecule has 0 aliphatic rings. The summed E-state index contributed by atoms with van der Waals surface area (Å²) in [5.41, 5.74) is 0.846. The van der Waals surface area contributed by atoms with Crippen molar-refractivity contribution in [3.63, 3.8) is 0 Å². The fraction of sp³-hybridized carbons (Fsp3) is 0.0833. The lowest BCUT2D eigenvalue weighted by atomic mass is 10.2. The number of aromatic nitrogens is 2. The summed E-state index contributed by atoms with van der Waals surface area (Å²) in [4.78, 5) is 19.1. The van der Waals surface area contributed by atoms with Crippen molar-refractivity contribution in [3.05, 3.63) is 59.9 Å². The molecule has 86 valence electrons. The van der Waals surface area contributed by atoms with Crippen LogP contribution in [0.3, 0.4) is 0 Å². The average Bonchev–Trinajstić information content (AvgIpc) is 2.38. The first-order valence-corrected chi connectivity index (χ1v) is 5.04. The Hall–Kier alpha value is -2.30. The molecule has 2 heterocycles. The number of nitrogens with one attached hydrogen (secondary N) is 1. The van der Waals surface area contributed by atoms with E-state index in [2.05, 4.69) is 15.3 Å². The van der Waals surface area contributed by atoms with E-state index in [9.17, 15) is 9.18 Å². The van der Waals surface area contributed by atoms with Gasteiger partial charge in [0.1, 0.15) is 0 Å². The first-order chi connectivity index (χ1) is 8.27. The van der Waals surface area contributed by atoms with Crippen molar-refractivity contribution in [2.45, 2.75) is 6.54 Å². The maximum absolute atomic E-state index is 13.2. The van der Waals surface area contributed by atoms with Crippen LogP contribution in [0.25, 0.3) is 0 Å². The minimum Gasteiger partial charge on any atom is -0.348 e. The minimum absolute atomic E-state index is 0.0103. The first kappa shape index (κ1) is 11.2. The molecule has 0 radical (unpaired) electrons. The fourth-order valence-corrected chi connectivity index (χ4v) is 1.34.